The average molecular weight is 317 g/mol. The van der Waals surface area contributed by atoms with Crippen LogP contribution in [-0.2, 0) is 9.53 Å². The molecule has 0 spiro atoms. The molecule has 126 valence electrons. The van der Waals surface area contributed by atoms with Gasteiger partial charge in [-0.2, -0.15) is 0 Å². The summed E-state index contributed by atoms with van der Waals surface area (Å²) in [7, 11) is 1.39. The summed E-state index contributed by atoms with van der Waals surface area (Å²) in [6.45, 7) is 4.49. The lowest BCUT2D eigenvalue weighted by atomic mass is 9.93. The van der Waals surface area contributed by atoms with Gasteiger partial charge in [0.05, 0.1) is 13.5 Å². The standard InChI is InChI=1S/C19H27NO3/c1-14-9-10-16(13-15(14)2)19(22)20(12-11-18(21)23-3)17-7-5-4-6-8-17/h9-10,13,17H,4-8,11-12H2,1-3H3. The maximum Gasteiger partial charge on any atom is 0.307 e. The highest BCUT2D eigenvalue weighted by atomic mass is 16.5. The maximum absolute atomic E-state index is 13.0. The quantitative estimate of drug-likeness (QED) is 0.779. The minimum Gasteiger partial charge on any atom is -0.469 e. The Bertz CT molecular complexity index is 562. The predicted octanol–water partition coefficient (Wildman–Crippen LogP) is 3.64. The van der Waals surface area contributed by atoms with Crippen molar-refractivity contribution >= 4 is 11.9 Å². The number of aryl methyl sites for hydroxylation is 2. The van der Waals surface area contributed by atoms with E-state index < -0.39 is 0 Å². The van der Waals surface area contributed by atoms with Crippen LogP contribution >= 0.6 is 0 Å². The highest BCUT2D eigenvalue weighted by Gasteiger charge is 2.26. The number of rotatable bonds is 5. The monoisotopic (exact) mass is 317 g/mol. The van der Waals surface area contributed by atoms with Crippen LogP contribution in [0.4, 0.5) is 0 Å². The molecule has 0 atom stereocenters. The Morgan fingerprint density at radius 3 is 2.43 bits per heavy atom. The first kappa shape index (κ1) is 17.5. The first-order chi connectivity index (χ1) is 11.0. The Balaban J connectivity index is 2.18. The molecule has 0 aliphatic heterocycles. The van der Waals surface area contributed by atoms with Gasteiger partial charge in [0, 0.05) is 18.2 Å². The number of ether oxygens (including phenoxy) is 1. The minimum absolute atomic E-state index is 0.0314. The van der Waals surface area contributed by atoms with Crippen molar-refractivity contribution in [2.24, 2.45) is 0 Å². The van der Waals surface area contributed by atoms with Gasteiger partial charge in [0.1, 0.15) is 0 Å². The lowest BCUT2D eigenvalue weighted by Crippen LogP contribution is -2.42. The SMILES string of the molecule is COC(=O)CCN(C(=O)c1ccc(C)c(C)c1)C1CCCCC1. The maximum atomic E-state index is 13.0. The van der Waals surface area contributed by atoms with E-state index in [0.29, 0.717) is 12.1 Å². The van der Waals surface area contributed by atoms with Gasteiger partial charge in [0.15, 0.2) is 0 Å². The van der Waals surface area contributed by atoms with Crippen LogP contribution < -0.4 is 0 Å². The van der Waals surface area contributed by atoms with E-state index in [-0.39, 0.29) is 24.3 Å². The predicted molar refractivity (Wildman–Crippen MR) is 90.5 cm³/mol. The molecule has 1 aromatic carbocycles. The normalized spacial score (nSPS) is 15.3. The molecule has 4 heteroatoms. The van der Waals surface area contributed by atoms with E-state index in [4.69, 9.17) is 4.74 Å². The number of amides is 1. The van der Waals surface area contributed by atoms with Gasteiger partial charge in [-0.15, -0.1) is 0 Å². The lowest BCUT2D eigenvalue weighted by Gasteiger charge is -2.34. The molecule has 1 saturated carbocycles. The lowest BCUT2D eigenvalue weighted by molar-refractivity contribution is -0.140. The molecule has 0 bridgehead atoms. The molecular formula is C19H27NO3. The highest BCUT2D eigenvalue weighted by Crippen LogP contribution is 2.25. The zero-order valence-electron chi connectivity index (χ0n) is 14.4. The summed E-state index contributed by atoms with van der Waals surface area (Å²) in [5, 5.41) is 0. The summed E-state index contributed by atoms with van der Waals surface area (Å²) in [5.41, 5.74) is 3.01. The fourth-order valence-electron chi connectivity index (χ4n) is 3.20. The van der Waals surface area contributed by atoms with Crippen LogP contribution in [0.1, 0.15) is 60.0 Å². The van der Waals surface area contributed by atoms with Crippen LogP contribution in [0.2, 0.25) is 0 Å². The van der Waals surface area contributed by atoms with Gasteiger partial charge in [-0.3, -0.25) is 9.59 Å². The molecule has 0 saturated heterocycles. The van der Waals surface area contributed by atoms with Crippen molar-refractivity contribution in [1.29, 1.82) is 0 Å². The Morgan fingerprint density at radius 1 is 1.13 bits per heavy atom. The van der Waals surface area contributed by atoms with Crippen molar-refractivity contribution in [2.45, 2.75) is 58.4 Å². The van der Waals surface area contributed by atoms with Gasteiger partial charge in [0.25, 0.3) is 5.91 Å². The van der Waals surface area contributed by atoms with E-state index in [1.807, 2.05) is 36.9 Å². The van der Waals surface area contributed by atoms with Gasteiger partial charge in [-0.05, 0) is 49.9 Å². The second-order valence-electron chi connectivity index (χ2n) is 6.42. The van der Waals surface area contributed by atoms with Crippen molar-refractivity contribution in [1.82, 2.24) is 4.90 Å². The highest BCUT2D eigenvalue weighted by molar-refractivity contribution is 5.95. The molecule has 0 N–H and O–H groups in total. The number of hydrogen-bond acceptors (Lipinski definition) is 3. The summed E-state index contributed by atoms with van der Waals surface area (Å²) in [5.74, 6) is -0.234. The molecule has 1 aliphatic rings. The minimum atomic E-state index is -0.265. The fraction of sp³-hybridized carbons (Fsp3) is 0.579. The topological polar surface area (TPSA) is 46.6 Å². The second-order valence-corrected chi connectivity index (χ2v) is 6.42. The second kappa shape index (κ2) is 8.14. The smallest absolute Gasteiger partial charge is 0.307 e. The number of carbonyl (C=O) groups is 2. The van der Waals surface area contributed by atoms with Gasteiger partial charge in [-0.25, -0.2) is 0 Å². The van der Waals surface area contributed by atoms with Crippen LogP contribution in [0.25, 0.3) is 0 Å². The Labute approximate surface area is 138 Å². The molecule has 0 heterocycles. The third kappa shape index (κ3) is 4.57. The summed E-state index contributed by atoms with van der Waals surface area (Å²) in [4.78, 5) is 26.4. The Hall–Kier alpha value is -1.84. The number of esters is 1. The fourth-order valence-corrected chi connectivity index (χ4v) is 3.20. The van der Waals surface area contributed by atoms with Crippen molar-refractivity contribution in [3.05, 3.63) is 34.9 Å². The van der Waals surface area contributed by atoms with Crippen molar-refractivity contribution < 1.29 is 14.3 Å². The van der Waals surface area contributed by atoms with E-state index in [2.05, 4.69) is 0 Å². The first-order valence-electron chi connectivity index (χ1n) is 8.48. The van der Waals surface area contributed by atoms with Crippen LogP contribution in [0.5, 0.6) is 0 Å². The van der Waals surface area contributed by atoms with Crippen LogP contribution in [-0.4, -0.2) is 36.5 Å². The molecular weight excluding hydrogens is 290 g/mol. The average Bonchev–Trinajstić information content (AvgIpc) is 2.58. The third-order valence-corrected chi connectivity index (χ3v) is 4.81. The number of nitrogens with zero attached hydrogens (tertiary/aromatic N) is 1. The molecule has 23 heavy (non-hydrogen) atoms. The van der Waals surface area contributed by atoms with E-state index in [0.717, 1.165) is 31.2 Å². The molecule has 1 aromatic rings. The van der Waals surface area contributed by atoms with Gasteiger partial charge < -0.3 is 9.64 Å². The van der Waals surface area contributed by atoms with E-state index >= 15 is 0 Å². The largest absolute Gasteiger partial charge is 0.469 e. The zero-order valence-corrected chi connectivity index (χ0v) is 14.4. The molecule has 1 fully saturated rings. The van der Waals surface area contributed by atoms with Crippen LogP contribution in [0.15, 0.2) is 18.2 Å². The molecule has 2 rings (SSSR count). The number of carbonyl (C=O) groups excluding carboxylic acids is 2. The third-order valence-electron chi connectivity index (χ3n) is 4.81. The molecule has 4 nitrogen and oxygen atoms in total. The Morgan fingerprint density at radius 2 is 1.83 bits per heavy atom. The summed E-state index contributed by atoms with van der Waals surface area (Å²) in [6.07, 6.45) is 5.84. The van der Waals surface area contributed by atoms with E-state index in [1.54, 1.807) is 0 Å². The molecule has 0 radical (unpaired) electrons. The number of methoxy groups -OCH3 is 1. The number of benzene rings is 1. The van der Waals surface area contributed by atoms with Crippen LogP contribution in [0, 0.1) is 13.8 Å². The zero-order chi connectivity index (χ0) is 16.8. The van der Waals surface area contributed by atoms with Gasteiger partial charge >= 0.3 is 5.97 Å². The summed E-state index contributed by atoms with van der Waals surface area (Å²) < 4.78 is 4.73. The van der Waals surface area contributed by atoms with Crippen molar-refractivity contribution in [2.75, 3.05) is 13.7 Å². The summed E-state index contributed by atoms with van der Waals surface area (Å²) >= 11 is 0. The molecule has 0 unspecified atom stereocenters. The van der Waals surface area contributed by atoms with Crippen molar-refractivity contribution in [3.8, 4) is 0 Å². The van der Waals surface area contributed by atoms with Crippen molar-refractivity contribution in [3.63, 3.8) is 0 Å². The van der Waals surface area contributed by atoms with Gasteiger partial charge in [-0.1, -0.05) is 25.3 Å². The van der Waals surface area contributed by atoms with Gasteiger partial charge in [0.2, 0.25) is 0 Å². The molecule has 0 aromatic heterocycles. The first-order valence-corrected chi connectivity index (χ1v) is 8.48. The van der Waals surface area contributed by atoms with E-state index in [1.165, 1.54) is 19.1 Å². The molecule has 1 aliphatic carbocycles. The molecule has 1 amide bonds. The number of hydrogen-bond donors (Lipinski definition) is 0. The van der Waals surface area contributed by atoms with Crippen LogP contribution in [0.3, 0.4) is 0 Å². The summed E-state index contributed by atoms with van der Waals surface area (Å²) in [6, 6.07) is 6.06. The van der Waals surface area contributed by atoms with E-state index in [9.17, 15) is 9.59 Å². The Kier molecular flexibility index (Phi) is 6.20.